The molecule has 0 radical (unpaired) electrons. The summed E-state index contributed by atoms with van der Waals surface area (Å²) in [4.78, 5) is 8.66. The third-order valence-electron chi connectivity index (χ3n) is 2.86. The number of hydrogen-bond donors (Lipinski definition) is 0. The van der Waals surface area contributed by atoms with E-state index in [1.165, 1.54) is 0 Å². The Morgan fingerprint density at radius 3 is 2.26 bits per heavy atom. The van der Waals surface area contributed by atoms with Crippen molar-refractivity contribution in [2.45, 2.75) is 34.1 Å². The van der Waals surface area contributed by atoms with Gasteiger partial charge >= 0.3 is 0 Å². The molecule has 0 bridgehead atoms. The van der Waals surface area contributed by atoms with Gasteiger partial charge in [0.2, 0.25) is 5.88 Å². The predicted molar refractivity (Wildman–Crippen MR) is 79.8 cm³/mol. The Morgan fingerprint density at radius 1 is 1.05 bits per heavy atom. The fraction of sp³-hybridized carbons (Fsp3) is 0.333. The van der Waals surface area contributed by atoms with Crippen molar-refractivity contribution < 1.29 is 4.74 Å². The molecule has 0 aliphatic carbocycles. The molecule has 0 saturated carbocycles. The quantitative estimate of drug-likeness (QED) is 0.834. The van der Waals surface area contributed by atoms with E-state index < -0.39 is 0 Å². The summed E-state index contributed by atoms with van der Waals surface area (Å²) in [6.45, 7) is 8.04. The molecule has 0 fully saturated rings. The number of halogens is 1. The van der Waals surface area contributed by atoms with E-state index in [4.69, 9.17) is 4.74 Å². The third-order valence-corrected chi connectivity index (χ3v) is 4.11. The van der Waals surface area contributed by atoms with Crippen molar-refractivity contribution in [1.82, 2.24) is 9.97 Å². The van der Waals surface area contributed by atoms with Crippen LogP contribution >= 0.6 is 15.9 Å². The van der Waals surface area contributed by atoms with Crippen molar-refractivity contribution in [3.05, 3.63) is 45.3 Å². The van der Waals surface area contributed by atoms with E-state index in [2.05, 4.69) is 32.8 Å². The van der Waals surface area contributed by atoms with Gasteiger partial charge in [-0.15, -0.1) is 0 Å². The summed E-state index contributed by atoms with van der Waals surface area (Å²) in [6, 6.07) is 5.89. The smallest absolute Gasteiger partial charge is 0.222 e. The van der Waals surface area contributed by atoms with Gasteiger partial charge in [0.25, 0.3) is 0 Å². The van der Waals surface area contributed by atoms with Gasteiger partial charge in [0.05, 0.1) is 0 Å². The highest BCUT2D eigenvalue weighted by molar-refractivity contribution is 9.10. The number of aryl methyl sites for hydroxylation is 4. The van der Waals surface area contributed by atoms with Crippen molar-refractivity contribution in [3.8, 4) is 11.6 Å². The van der Waals surface area contributed by atoms with Gasteiger partial charge in [0.15, 0.2) is 0 Å². The SMILES string of the molecule is CCc1cc(Oc2cc(C)c(Br)c(C)c2)nc(C)n1. The number of ether oxygens (including phenoxy) is 1. The first-order chi connectivity index (χ1) is 8.99. The van der Waals surface area contributed by atoms with Crippen LogP contribution in [0.25, 0.3) is 0 Å². The first-order valence-corrected chi connectivity index (χ1v) is 7.08. The van der Waals surface area contributed by atoms with Gasteiger partial charge in [-0.3, -0.25) is 0 Å². The van der Waals surface area contributed by atoms with Crippen LogP contribution in [0.5, 0.6) is 11.6 Å². The highest BCUT2D eigenvalue weighted by Crippen LogP contribution is 2.29. The number of rotatable bonds is 3. The van der Waals surface area contributed by atoms with Crippen LogP contribution in [0, 0.1) is 20.8 Å². The zero-order chi connectivity index (χ0) is 14.0. The Balaban J connectivity index is 2.33. The van der Waals surface area contributed by atoms with Crippen molar-refractivity contribution in [2.24, 2.45) is 0 Å². The van der Waals surface area contributed by atoms with E-state index in [0.29, 0.717) is 5.88 Å². The molecule has 0 unspecified atom stereocenters. The maximum atomic E-state index is 5.85. The third kappa shape index (κ3) is 3.32. The second-order valence-corrected chi connectivity index (χ2v) is 5.36. The molecule has 0 saturated heterocycles. The first kappa shape index (κ1) is 14.0. The summed E-state index contributed by atoms with van der Waals surface area (Å²) in [5.74, 6) is 2.14. The average Bonchev–Trinajstić information content (AvgIpc) is 2.35. The molecule has 3 nitrogen and oxygen atoms in total. The largest absolute Gasteiger partial charge is 0.439 e. The summed E-state index contributed by atoms with van der Waals surface area (Å²) in [5, 5.41) is 0. The molecule has 2 rings (SSSR count). The number of hydrogen-bond acceptors (Lipinski definition) is 3. The zero-order valence-electron chi connectivity index (χ0n) is 11.6. The first-order valence-electron chi connectivity index (χ1n) is 6.28. The van der Waals surface area contributed by atoms with Crippen LogP contribution in [0.3, 0.4) is 0 Å². The minimum absolute atomic E-state index is 0.602. The summed E-state index contributed by atoms with van der Waals surface area (Å²) in [6.07, 6.45) is 0.873. The fourth-order valence-corrected chi connectivity index (χ4v) is 2.15. The molecule has 0 N–H and O–H groups in total. The van der Waals surface area contributed by atoms with Crippen LogP contribution in [0.4, 0.5) is 0 Å². The van der Waals surface area contributed by atoms with Crippen LogP contribution in [0.1, 0.15) is 29.6 Å². The van der Waals surface area contributed by atoms with Crippen molar-refractivity contribution >= 4 is 15.9 Å². The summed E-state index contributed by atoms with van der Waals surface area (Å²) < 4.78 is 6.96. The van der Waals surface area contributed by atoms with Crippen molar-refractivity contribution in [1.29, 1.82) is 0 Å². The van der Waals surface area contributed by atoms with Crippen LogP contribution < -0.4 is 4.74 Å². The maximum Gasteiger partial charge on any atom is 0.222 e. The Labute approximate surface area is 122 Å². The molecule has 0 aliphatic heterocycles. The average molecular weight is 321 g/mol. The van der Waals surface area contributed by atoms with Gasteiger partial charge in [0.1, 0.15) is 11.6 Å². The molecule has 4 heteroatoms. The highest BCUT2D eigenvalue weighted by Gasteiger charge is 2.07. The summed E-state index contributed by atoms with van der Waals surface area (Å²) in [7, 11) is 0. The van der Waals surface area contributed by atoms with E-state index in [9.17, 15) is 0 Å². The second-order valence-electron chi connectivity index (χ2n) is 4.57. The lowest BCUT2D eigenvalue weighted by Crippen LogP contribution is -1.97. The van der Waals surface area contributed by atoms with Crippen LogP contribution in [-0.2, 0) is 6.42 Å². The Hall–Kier alpha value is -1.42. The Kier molecular flexibility index (Phi) is 4.20. The minimum atomic E-state index is 0.602. The van der Waals surface area contributed by atoms with Gasteiger partial charge in [-0.25, -0.2) is 4.98 Å². The molecule has 1 aromatic heterocycles. The molecular weight excluding hydrogens is 304 g/mol. The van der Waals surface area contributed by atoms with E-state index in [-0.39, 0.29) is 0 Å². The molecule has 1 aromatic carbocycles. The molecule has 0 spiro atoms. The monoisotopic (exact) mass is 320 g/mol. The molecule has 1 heterocycles. The topological polar surface area (TPSA) is 35.0 Å². The van der Waals surface area contributed by atoms with Gasteiger partial charge < -0.3 is 4.74 Å². The number of aromatic nitrogens is 2. The highest BCUT2D eigenvalue weighted by atomic mass is 79.9. The minimum Gasteiger partial charge on any atom is -0.439 e. The lowest BCUT2D eigenvalue weighted by atomic mass is 10.1. The molecule has 0 aliphatic rings. The fourth-order valence-electron chi connectivity index (χ4n) is 1.92. The number of nitrogens with zero attached hydrogens (tertiary/aromatic N) is 2. The molecule has 0 amide bonds. The Bertz CT molecular complexity index is 588. The Morgan fingerprint density at radius 2 is 1.68 bits per heavy atom. The number of benzene rings is 1. The lowest BCUT2D eigenvalue weighted by Gasteiger charge is -2.10. The normalized spacial score (nSPS) is 10.6. The van der Waals surface area contributed by atoms with Crippen LogP contribution in [0.2, 0.25) is 0 Å². The van der Waals surface area contributed by atoms with E-state index in [1.807, 2.05) is 39.0 Å². The molecule has 0 atom stereocenters. The predicted octanol–water partition coefficient (Wildman–Crippen LogP) is 4.52. The summed E-state index contributed by atoms with van der Waals surface area (Å²) in [5.41, 5.74) is 3.29. The second kappa shape index (κ2) is 5.70. The van der Waals surface area contributed by atoms with Gasteiger partial charge in [-0.2, -0.15) is 4.98 Å². The van der Waals surface area contributed by atoms with Gasteiger partial charge in [-0.1, -0.05) is 22.9 Å². The zero-order valence-corrected chi connectivity index (χ0v) is 13.2. The molecule has 2 aromatic rings. The molecule has 100 valence electrons. The van der Waals surface area contributed by atoms with E-state index in [1.54, 1.807) is 0 Å². The van der Waals surface area contributed by atoms with E-state index in [0.717, 1.165) is 39.3 Å². The van der Waals surface area contributed by atoms with Gasteiger partial charge in [-0.05, 0) is 50.5 Å². The summed E-state index contributed by atoms with van der Waals surface area (Å²) >= 11 is 3.55. The standard InChI is InChI=1S/C15H17BrN2O/c1-5-12-8-14(18-11(4)17-12)19-13-6-9(2)15(16)10(3)7-13/h6-8H,5H2,1-4H3. The van der Waals surface area contributed by atoms with Crippen molar-refractivity contribution in [3.63, 3.8) is 0 Å². The van der Waals surface area contributed by atoms with Gasteiger partial charge in [0, 0.05) is 16.2 Å². The van der Waals surface area contributed by atoms with Crippen LogP contribution in [0.15, 0.2) is 22.7 Å². The van der Waals surface area contributed by atoms with Crippen LogP contribution in [-0.4, -0.2) is 9.97 Å². The van der Waals surface area contributed by atoms with E-state index >= 15 is 0 Å². The molecule has 19 heavy (non-hydrogen) atoms. The lowest BCUT2D eigenvalue weighted by molar-refractivity contribution is 0.457. The van der Waals surface area contributed by atoms with Crippen molar-refractivity contribution in [2.75, 3.05) is 0 Å². The maximum absolute atomic E-state index is 5.85. The molecular formula is C15H17BrN2O.